The first-order valence-corrected chi connectivity index (χ1v) is 10.4. The van der Waals surface area contributed by atoms with Crippen molar-refractivity contribution in [3.05, 3.63) is 52.2 Å². The zero-order chi connectivity index (χ0) is 19.9. The van der Waals surface area contributed by atoms with Crippen LogP contribution < -0.4 is 4.74 Å². The average Bonchev–Trinajstić information content (AvgIpc) is 2.64. The summed E-state index contributed by atoms with van der Waals surface area (Å²) in [6, 6.07) is 8.36. The summed E-state index contributed by atoms with van der Waals surface area (Å²) in [5, 5.41) is 7.37. The quantitative estimate of drug-likeness (QED) is 0.495. The molecule has 1 aliphatic rings. The highest BCUT2D eigenvalue weighted by Crippen LogP contribution is 2.33. The van der Waals surface area contributed by atoms with Crippen LogP contribution >= 0.6 is 11.6 Å². The highest BCUT2D eigenvalue weighted by atomic mass is 35.5. The van der Waals surface area contributed by atoms with Crippen LogP contribution in [0.15, 0.2) is 51.7 Å². The molecule has 0 unspecified atom stereocenters. The predicted molar refractivity (Wildman–Crippen MR) is 117 cm³/mol. The standard InChI is InChI=1S/C23H33ClN2O/c1-6-8-10-18-12-14-20(15-13-18)27-17-19-16-25-26(23(3,4)5)21(22(19)24)11-9-7-2/h11-16H,6-10,17H2,1-5H3/b21-11+. The fourth-order valence-electron chi connectivity index (χ4n) is 2.89. The van der Waals surface area contributed by atoms with Crippen LogP contribution in [-0.2, 0) is 6.42 Å². The number of allylic oxidation sites excluding steroid dienone is 2. The van der Waals surface area contributed by atoms with E-state index in [0.717, 1.165) is 41.3 Å². The molecule has 0 atom stereocenters. The van der Waals surface area contributed by atoms with Crippen molar-refractivity contribution in [1.29, 1.82) is 0 Å². The van der Waals surface area contributed by atoms with Gasteiger partial charge in [0.05, 0.1) is 22.5 Å². The highest BCUT2D eigenvalue weighted by Gasteiger charge is 2.28. The maximum Gasteiger partial charge on any atom is 0.119 e. The van der Waals surface area contributed by atoms with Crippen LogP contribution in [0.25, 0.3) is 0 Å². The Hall–Kier alpha value is -1.74. The van der Waals surface area contributed by atoms with Crippen molar-refractivity contribution < 1.29 is 4.74 Å². The van der Waals surface area contributed by atoms with Gasteiger partial charge in [0, 0.05) is 5.57 Å². The predicted octanol–water partition coefficient (Wildman–Crippen LogP) is 6.68. The van der Waals surface area contributed by atoms with Gasteiger partial charge < -0.3 is 4.74 Å². The molecule has 0 aliphatic carbocycles. The number of unbranched alkanes of at least 4 members (excludes halogenated alkanes) is 2. The maximum atomic E-state index is 6.73. The molecule has 0 amide bonds. The number of halogens is 1. The van der Waals surface area contributed by atoms with Gasteiger partial charge in [-0.1, -0.05) is 56.5 Å². The second-order valence-electron chi connectivity index (χ2n) is 7.98. The lowest BCUT2D eigenvalue weighted by Gasteiger charge is -2.37. The number of nitrogens with zero attached hydrogens (tertiary/aromatic N) is 2. The van der Waals surface area contributed by atoms with E-state index in [1.165, 1.54) is 18.4 Å². The zero-order valence-corrected chi connectivity index (χ0v) is 18.1. The van der Waals surface area contributed by atoms with E-state index in [4.69, 9.17) is 16.3 Å². The molecule has 0 spiro atoms. The van der Waals surface area contributed by atoms with Gasteiger partial charge in [0.15, 0.2) is 0 Å². The molecule has 1 heterocycles. The van der Waals surface area contributed by atoms with E-state index in [1.54, 1.807) is 0 Å². The largest absolute Gasteiger partial charge is 0.489 e. The fourth-order valence-corrected chi connectivity index (χ4v) is 3.15. The van der Waals surface area contributed by atoms with Crippen molar-refractivity contribution >= 4 is 17.8 Å². The number of ether oxygens (including phenoxy) is 1. The highest BCUT2D eigenvalue weighted by molar-refractivity contribution is 6.33. The minimum atomic E-state index is -0.128. The first kappa shape index (κ1) is 21.6. The van der Waals surface area contributed by atoms with Crippen LogP contribution in [0.1, 0.15) is 65.9 Å². The molecule has 0 saturated heterocycles. The van der Waals surface area contributed by atoms with Crippen LogP contribution in [0.5, 0.6) is 5.75 Å². The molecule has 2 rings (SSSR count). The van der Waals surface area contributed by atoms with E-state index >= 15 is 0 Å². The smallest absolute Gasteiger partial charge is 0.119 e. The minimum Gasteiger partial charge on any atom is -0.489 e. The SMILES string of the molecule is CCC/C=C1\C(Cl)=C(COc2ccc(CCCC)cc2)C=NN1C(C)(C)C. The van der Waals surface area contributed by atoms with Gasteiger partial charge in [0.2, 0.25) is 0 Å². The Kier molecular flexibility index (Phi) is 7.97. The molecule has 0 fully saturated rings. The van der Waals surface area contributed by atoms with Gasteiger partial charge in [0.25, 0.3) is 0 Å². The molecule has 3 nitrogen and oxygen atoms in total. The third-order valence-electron chi connectivity index (χ3n) is 4.46. The Morgan fingerprint density at radius 3 is 2.41 bits per heavy atom. The van der Waals surface area contributed by atoms with E-state index in [-0.39, 0.29) is 5.54 Å². The molecule has 1 aromatic rings. The maximum absolute atomic E-state index is 6.73. The molecule has 0 bridgehead atoms. The van der Waals surface area contributed by atoms with E-state index < -0.39 is 0 Å². The van der Waals surface area contributed by atoms with Gasteiger partial charge in [-0.05, 0) is 57.7 Å². The first-order chi connectivity index (χ1) is 12.9. The molecular weight excluding hydrogens is 356 g/mol. The molecule has 148 valence electrons. The fraction of sp³-hybridized carbons (Fsp3) is 0.522. The number of rotatable bonds is 8. The Morgan fingerprint density at radius 1 is 1.11 bits per heavy atom. The van der Waals surface area contributed by atoms with Gasteiger partial charge in [-0.15, -0.1) is 0 Å². The van der Waals surface area contributed by atoms with Gasteiger partial charge >= 0.3 is 0 Å². The van der Waals surface area contributed by atoms with E-state index in [9.17, 15) is 0 Å². The molecule has 4 heteroatoms. The van der Waals surface area contributed by atoms with Crippen LogP contribution in [0, 0.1) is 0 Å². The summed E-state index contributed by atoms with van der Waals surface area (Å²) in [5.41, 5.74) is 3.11. The van der Waals surface area contributed by atoms with E-state index in [0.29, 0.717) is 6.61 Å². The molecule has 0 N–H and O–H groups in total. The Bertz CT molecular complexity index is 696. The Morgan fingerprint density at radius 2 is 1.81 bits per heavy atom. The molecule has 0 radical (unpaired) electrons. The lowest BCUT2D eigenvalue weighted by atomic mass is 10.0. The molecule has 1 aromatic carbocycles. The van der Waals surface area contributed by atoms with Crippen molar-refractivity contribution in [2.24, 2.45) is 5.10 Å². The van der Waals surface area contributed by atoms with Gasteiger partial charge in [-0.25, -0.2) is 0 Å². The number of hydrogen-bond donors (Lipinski definition) is 0. The number of aryl methyl sites for hydroxylation is 1. The lowest BCUT2D eigenvalue weighted by Crippen LogP contribution is -2.38. The van der Waals surface area contributed by atoms with Crippen molar-refractivity contribution in [3.8, 4) is 5.75 Å². The van der Waals surface area contributed by atoms with Gasteiger partial charge in [-0.2, -0.15) is 5.10 Å². The van der Waals surface area contributed by atoms with Crippen LogP contribution in [0.2, 0.25) is 0 Å². The van der Waals surface area contributed by atoms with Crippen molar-refractivity contribution in [3.63, 3.8) is 0 Å². The monoisotopic (exact) mass is 388 g/mol. The summed E-state index contributed by atoms with van der Waals surface area (Å²) in [4.78, 5) is 0. The molecule has 0 aromatic heterocycles. The summed E-state index contributed by atoms with van der Waals surface area (Å²) in [6.45, 7) is 11.2. The summed E-state index contributed by atoms with van der Waals surface area (Å²) in [7, 11) is 0. The number of hydrazone groups is 1. The van der Waals surface area contributed by atoms with E-state index in [2.05, 4.69) is 57.9 Å². The van der Waals surface area contributed by atoms with Crippen molar-refractivity contribution in [1.82, 2.24) is 5.01 Å². The first-order valence-electron chi connectivity index (χ1n) is 10.0. The second-order valence-corrected chi connectivity index (χ2v) is 8.36. The summed E-state index contributed by atoms with van der Waals surface area (Å²) in [6.07, 6.45) is 9.60. The minimum absolute atomic E-state index is 0.128. The third kappa shape index (κ3) is 6.14. The lowest BCUT2D eigenvalue weighted by molar-refractivity contribution is 0.196. The number of hydrogen-bond acceptors (Lipinski definition) is 3. The normalized spacial score (nSPS) is 16.4. The molecule has 1 aliphatic heterocycles. The van der Waals surface area contributed by atoms with Crippen molar-refractivity contribution in [2.75, 3.05) is 6.61 Å². The molecule has 0 saturated carbocycles. The summed E-state index contributed by atoms with van der Waals surface area (Å²) >= 11 is 6.73. The third-order valence-corrected chi connectivity index (χ3v) is 4.90. The van der Waals surface area contributed by atoms with E-state index in [1.807, 2.05) is 23.4 Å². The second kappa shape index (κ2) is 9.98. The van der Waals surface area contributed by atoms with Gasteiger partial charge in [-0.3, -0.25) is 5.01 Å². The van der Waals surface area contributed by atoms with Gasteiger partial charge in [0.1, 0.15) is 12.4 Å². The zero-order valence-electron chi connectivity index (χ0n) is 17.4. The van der Waals surface area contributed by atoms with Crippen LogP contribution in [0.4, 0.5) is 0 Å². The van der Waals surface area contributed by atoms with Crippen LogP contribution in [-0.4, -0.2) is 23.4 Å². The Balaban J connectivity index is 2.10. The van der Waals surface area contributed by atoms with Crippen molar-refractivity contribution in [2.45, 2.75) is 72.3 Å². The van der Waals surface area contributed by atoms with Crippen LogP contribution in [0.3, 0.4) is 0 Å². The molecule has 27 heavy (non-hydrogen) atoms. The topological polar surface area (TPSA) is 24.8 Å². The average molecular weight is 389 g/mol. The number of benzene rings is 1. The summed E-state index contributed by atoms with van der Waals surface area (Å²) in [5.74, 6) is 0.859. The molecular formula is C23H33ClN2O. The summed E-state index contributed by atoms with van der Waals surface area (Å²) < 4.78 is 5.97. The Labute approximate surface area is 169 Å².